The molecule has 2 N–H and O–H groups in total. The van der Waals surface area contributed by atoms with Gasteiger partial charge in [0.25, 0.3) is 0 Å². The van der Waals surface area contributed by atoms with Crippen LogP contribution < -0.4 is 0 Å². The van der Waals surface area contributed by atoms with E-state index in [1.807, 2.05) is 6.08 Å². The Morgan fingerprint density at radius 1 is 1.43 bits per heavy atom. The minimum Gasteiger partial charge on any atom is -0.366 e. The van der Waals surface area contributed by atoms with Gasteiger partial charge >= 0.3 is 0 Å². The van der Waals surface area contributed by atoms with E-state index in [1.54, 1.807) is 7.11 Å². The highest BCUT2D eigenvalue weighted by molar-refractivity contribution is 4.84. The van der Waals surface area contributed by atoms with Gasteiger partial charge in [0.1, 0.15) is 0 Å². The molecule has 0 aromatic carbocycles. The molecule has 1 aliphatic rings. The Bertz CT molecular complexity index is 156. The molecule has 0 aromatic heterocycles. The van der Waals surface area contributed by atoms with Crippen molar-refractivity contribution in [3.8, 4) is 0 Å². The van der Waals surface area contributed by atoms with Crippen LogP contribution in [0.15, 0.2) is 12.7 Å². The van der Waals surface area contributed by atoms with Crippen molar-refractivity contribution in [3.05, 3.63) is 12.7 Å². The number of ether oxygens (including phenoxy) is 2. The minimum atomic E-state index is -1.50. The summed E-state index contributed by atoms with van der Waals surface area (Å²) in [6.45, 7) is 6.23. The minimum absolute atomic E-state index is 0.00741. The van der Waals surface area contributed by atoms with E-state index in [1.165, 1.54) is 13.8 Å². The van der Waals surface area contributed by atoms with Crippen LogP contribution in [-0.2, 0) is 9.47 Å². The largest absolute Gasteiger partial charge is 0.366 e. The molecule has 1 saturated heterocycles. The van der Waals surface area contributed by atoms with Crippen LogP contribution in [0, 0.1) is 0 Å². The quantitative estimate of drug-likeness (QED) is 0.521. The fourth-order valence-corrected chi connectivity index (χ4v) is 0.978. The molecule has 0 amide bonds. The van der Waals surface area contributed by atoms with Gasteiger partial charge in [-0.05, 0) is 20.3 Å². The Morgan fingerprint density at radius 2 is 1.93 bits per heavy atom. The number of aliphatic hydroxyl groups is 2. The van der Waals surface area contributed by atoms with Crippen molar-refractivity contribution >= 4 is 0 Å². The van der Waals surface area contributed by atoms with Crippen LogP contribution >= 0.6 is 0 Å². The van der Waals surface area contributed by atoms with Crippen molar-refractivity contribution in [3.63, 3.8) is 0 Å². The Morgan fingerprint density at radius 3 is 2.14 bits per heavy atom. The van der Waals surface area contributed by atoms with Gasteiger partial charge in [-0.1, -0.05) is 6.08 Å². The van der Waals surface area contributed by atoms with E-state index in [0.29, 0.717) is 0 Å². The number of methoxy groups -OCH3 is 1. The molecule has 1 aliphatic heterocycles. The molecule has 0 aliphatic carbocycles. The topological polar surface area (TPSA) is 58.9 Å². The molecule has 14 heavy (non-hydrogen) atoms. The van der Waals surface area contributed by atoms with Gasteiger partial charge < -0.3 is 19.7 Å². The lowest BCUT2D eigenvalue weighted by atomic mass is 10.2. The molecule has 0 bridgehead atoms. The summed E-state index contributed by atoms with van der Waals surface area (Å²) in [5.41, 5.74) is 0. The van der Waals surface area contributed by atoms with E-state index < -0.39 is 5.79 Å². The van der Waals surface area contributed by atoms with Gasteiger partial charge in [0, 0.05) is 13.5 Å². The highest BCUT2D eigenvalue weighted by Gasteiger charge is 2.21. The average Bonchev–Trinajstić information content (AvgIpc) is 2.48. The molecule has 2 atom stereocenters. The van der Waals surface area contributed by atoms with Gasteiger partial charge in [-0.25, -0.2) is 0 Å². The third-order valence-electron chi connectivity index (χ3n) is 1.54. The van der Waals surface area contributed by atoms with Gasteiger partial charge in [0.15, 0.2) is 12.1 Å². The standard InChI is InChI=1S/C7H12O2.C3H8O2/c1-3-6-4-5-7(8-2)9-6;1-3(2,4)5/h3,6-7H,1,4-5H2,2H3;4-5H,1-2H3. The second kappa shape index (κ2) is 6.14. The van der Waals surface area contributed by atoms with E-state index in [4.69, 9.17) is 19.7 Å². The Balaban J connectivity index is 0.000000292. The van der Waals surface area contributed by atoms with Crippen LogP contribution in [-0.4, -0.2) is 35.5 Å². The predicted molar refractivity (Wildman–Crippen MR) is 53.6 cm³/mol. The van der Waals surface area contributed by atoms with Crippen molar-refractivity contribution < 1.29 is 19.7 Å². The Hall–Kier alpha value is -0.420. The van der Waals surface area contributed by atoms with Crippen molar-refractivity contribution in [2.24, 2.45) is 0 Å². The van der Waals surface area contributed by atoms with Crippen LogP contribution in [0.25, 0.3) is 0 Å². The SMILES string of the molecule is C=CC1CCC(OC)O1.CC(C)(O)O. The van der Waals surface area contributed by atoms with E-state index in [0.717, 1.165) is 12.8 Å². The molecule has 0 spiro atoms. The van der Waals surface area contributed by atoms with Gasteiger partial charge in [-0.2, -0.15) is 0 Å². The lowest BCUT2D eigenvalue weighted by Crippen LogP contribution is -2.15. The normalized spacial score (nSPS) is 26.6. The zero-order valence-electron chi connectivity index (χ0n) is 9.06. The molecular formula is C10H20O4. The molecule has 4 heteroatoms. The van der Waals surface area contributed by atoms with E-state index in [9.17, 15) is 0 Å². The van der Waals surface area contributed by atoms with Crippen LogP contribution in [0.5, 0.6) is 0 Å². The van der Waals surface area contributed by atoms with Crippen LogP contribution in [0.3, 0.4) is 0 Å². The third-order valence-corrected chi connectivity index (χ3v) is 1.54. The summed E-state index contributed by atoms with van der Waals surface area (Å²) >= 11 is 0. The van der Waals surface area contributed by atoms with Crippen LogP contribution in [0.4, 0.5) is 0 Å². The second-order valence-electron chi connectivity index (χ2n) is 3.65. The maximum absolute atomic E-state index is 8.08. The summed E-state index contributed by atoms with van der Waals surface area (Å²) in [7, 11) is 1.66. The average molecular weight is 204 g/mol. The van der Waals surface area contributed by atoms with Gasteiger partial charge in [-0.15, -0.1) is 6.58 Å². The monoisotopic (exact) mass is 204 g/mol. The number of hydrogen-bond acceptors (Lipinski definition) is 4. The lowest BCUT2D eigenvalue weighted by molar-refractivity contribution is -0.127. The summed E-state index contributed by atoms with van der Waals surface area (Å²) in [5.74, 6) is -1.50. The fraction of sp³-hybridized carbons (Fsp3) is 0.800. The Kier molecular flexibility index (Phi) is 5.95. The number of rotatable bonds is 2. The first-order valence-electron chi connectivity index (χ1n) is 4.62. The fourth-order valence-electron chi connectivity index (χ4n) is 0.978. The van der Waals surface area contributed by atoms with Gasteiger partial charge in [0.2, 0.25) is 0 Å². The number of hydrogen-bond donors (Lipinski definition) is 2. The summed E-state index contributed by atoms with van der Waals surface area (Å²) in [5, 5.41) is 16.2. The molecule has 0 aromatic rings. The van der Waals surface area contributed by atoms with E-state index in [-0.39, 0.29) is 12.4 Å². The highest BCUT2D eigenvalue weighted by Crippen LogP contribution is 2.19. The summed E-state index contributed by atoms with van der Waals surface area (Å²) in [6.07, 6.45) is 4.08. The maximum Gasteiger partial charge on any atom is 0.158 e. The maximum atomic E-state index is 8.08. The molecule has 0 saturated carbocycles. The predicted octanol–water partition coefficient (Wildman–Crippen LogP) is 1.03. The zero-order valence-corrected chi connectivity index (χ0v) is 9.06. The molecule has 1 rings (SSSR count). The van der Waals surface area contributed by atoms with Crippen molar-refractivity contribution in [2.75, 3.05) is 7.11 Å². The molecule has 1 fully saturated rings. The summed E-state index contributed by atoms with van der Waals surface area (Å²) in [6, 6.07) is 0. The molecular weight excluding hydrogens is 184 g/mol. The van der Waals surface area contributed by atoms with Crippen molar-refractivity contribution in [1.29, 1.82) is 0 Å². The molecule has 1 heterocycles. The second-order valence-corrected chi connectivity index (χ2v) is 3.65. The molecule has 84 valence electrons. The molecule has 4 nitrogen and oxygen atoms in total. The van der Waals surface area contributed by atoms with Crippen LogP contribution in [0.1, 0.15) is 26.7 Å². The van der Waals surface area contributed by atoms with E-state index >= 15 is 0 Å². The third kappa shape index (κ3) is 8.19. The first-order chi connectivity index (χ1) is 6.36. The van der Waals surface area contributed by atoms with E-state index in [2.05, 4.69) is 6.58 Å². The molecule has 2 unspecified atom stereocenters. The Labute approximate surface area is 85.1 Å². The van der Waals surface area contributed by atoms with Gasteiger partial charge in [0.05, 0.1) is 6.10 Å². The smallest absolute Gasteiger partial charge is 0.158 e. The van der Waals surface area contributed by atoms with Crippen molar-refractivity contribution in [1.82, 2.24) is 0 Å². The first-order valence-corrected chi connectivity index (χ1v) is 4.62. The van der Waals surface area contributed by atoms with Crippen LogP contribution in [0.2, 0.25) is 0 Å². The summed E-state index contributed by atoms with van der Waals surface area (Å²) in [4.78, 5) is 0. The lowest BCUT2D eigenvalue weighted by Gasteiger charge is -2.07. The first kappa shape index (κ1) is 13.6. The highest BCUT2D eigenvalue weighted by atomic mass is 16.7. The molecule has 0 radical (unpaired) electrons. The zero-order chi connectivity index (χ0) is 11.2. The van der Waals surface area contributed by atoms with Crippen molar-refractivity contribution in [2.45, 2.75) is 44.9 Å². The van der Waals surface area contributed by atoms with Gasteiger partial charge in [-0.3, -0.25) is 0 Å². The summed E-state index contributed by atoms with van der Waals surface area (Å²) < 4.78 is 10.3.